The van der Waals surface area contributed by atoms with E-state index in [4.69, 9.17) is 11.5 Å². The molecule has 0 spiro atoms. The molecule has 0 aliphatic carbocycles. The topological polar surface area (TPSA) is 52.0 Å². The predicted octanol–water partition coefficient (Wildman–Crippen LogP) is 0.742. The van der Waals surface area contributed by atoms with E-state index in [-0.39, 0.29) is 26.3 Å². The van der Waals surface area contributed by atoms with Gasteiger partial charge in [0.15, 0.2) is 0 Å². The fourth-order valence-electron chi connectivity index (χ4n) is 1.58. The molecule has 0 heterocycles. The Bertz CT molecular complexity index is 553. The number of anilines is 2. The van der Waals surface area contributed by atoms with E-state index in [1.165, 1.54) is 19.8 Å². The van der Waals surface area contributed by atoms with E-state index in [0.29, 0.717) is 0 Å². The van der Waals surface area contributed by atoms with Gasteiger partial charge in [-0.25, -0.2) is 0 Å². The summed E-state index contributed by atoms with van der Waals surface area (Å²) in [4.78, 5) is 0. The Morgan fingerprint density at radius 3 is 1.50 bits per heavy atom. The van der Waals surface area contributed by atoms with Crippen LogP contribution < -0.4 is 20.2 Å². The normalized spacial score (nSPS) is 11.0. The van der Waals surface area contributed by atoms with Crippen molar-refractivity contribution < 1.29 is 0 Å². The molecular weight excluding hydrogens is 346 g/mol. The molecule has 0 bridgehead atoms. The van der Waals surface area contributed by atoms with Gasteiger partial charge in [0, 0.05) is 0 Å². The molecule has 0 saturated heterocycles. The van der Waals surface area contributed by atoms with Crippen LogP contribution in [-0.2, 0) is 0 Å². The van der Waals surface area contributed by atoms with Crippen molar-refractivity contribution in [3.05, 3.63) is 47.5 Å². The van der Waals surface area contributed by atoms with Crippen LogP contribution >= 0.6 is 0 Å². The van der Waals surface area contributed by atoms with E-state index in [1.807, 2.05) is 12.1 Å². The van der Waals surface area contributed by atoms with Crippen molar-refractivity contribution in [3.63, 3.8) is 0 Å². The van der Waals surface area contributed by atoms with E-state index in [9.17, 15) is 0 Å². The number of rotatable bonds is 2. The minimum absolute atomic E-state index is 0.194. The molecule has 0 amide bonds. The van der Waals surface area contributed by atoms with Gasteiger partial charge in [0.05, 0.1) is 0 Å². The van der Waals surface area contributed by atoms with Crippen molar-refractivity contribution in [2.75, 3.05) is 11.5 Å². The number of aryl methyl sites for hydroxylation is 2. The van der Waals surface area contributed by atoms with Gasteiger partial charge in [-0.15, -0.1) is 0 Å². The summed E-state index contributed by atoms with van der Waals surface area (Å²) in [6.45, 7) is 4.33. The second-order valence-electron chi connectivity index (χ2n) is 4.29. The summed E-state index contributed by atoms with van der Waals surface area (Å²) >= 11 is 0.389. The van der Waals surface area contributed by atoms with Gasteiger partial charge in [0.25, 0.3) is 0 Å². The Hall–Kier alpha value is -0.843. The second-order valence-corrected chi connectivity index (χ2v) is 11.5. The zero-order valence-electron chi connectivity index (χ0n) is 10.5. The number of nitrogens with two attached hydrogens (primary N) is 2. The van der Waals surface area contributed by atoms with Crippen LogP contribution in [0.2, 0.25) is 0 Å². The zero-order valence-corrected chi connectivity index (χ0v) is 14.3. The molecule has 2 nitrogen and oxygen atoms in total. The molecule has 0 aliphatic rings. The molecule has 18 heavy (non-hydrogen) atoms. The molecule has 0 atom stereocenters. The minimum atomic E-state index is 0.194. The van der Waals surface area contributed by atoms with Crippen LogP contribution in [0.15, 0.2) is 36.4 Å². The number of benzene rings is 2. The van der Waals surface area contributed by atoms with Gasteiger partial charge in [-0.1, -0.05) is 0 Å². The van der Waals surface area contributed by atoms with Gasteiger partial charge in [-0.3, -0.25) is 0 Å². The molecule has 0 unspecified atom stereocenters. The predicted molar refractivity (Wildman–Crippen MR) is 82.0 cm³/mol. The summed E-state index contributed by atoms with van der Waals surface area (Å²) in [5, 5.41) is 0. The van der Waals surface area contributed by atoms with Crippen molar-refractivity contribution in [3.8, 4) is 0 Å². The average Bonchev–Trinajstić information content (AvgIpc) is 2.34. The molecule has 0 saturated carbocycles. The summed E-state index contributed by atoms with van der Waals surface area (Å²) in [5.41, 5.74) is 16.2. The second kappa shape index (κ2) is 5.86. The molecule has 2 rings (SSSR count). The Morgan fingerprint density at radius 2 is 1.11 bits per heavy atom. The molecule has 2 aromatic rings. The summed E-state index contributed by atoms with van der Waals surface area (Å²) < 4.78 is 2.90. The molecular formula is C14H16As2N2. The number of hydrogen-bond acceptors (Lipinski definition) is 2. The monoisotopic (exact) mass is 362 g/mol. The fraction of sp³-hybridized carbons (Fsp3) is 0.143. The van der Waals surface area contributed by atoms with Crippen LogP contribution in [0.1, 0.15) is 11.1 Å². The molecule has 4 heteroatoms. The van der Waals surface area contributed by atoms with Gasteiger partial charge < -0.3 is 0 Å². The first-order valence-electron chi connectivity index (χ1n) is 5.70. The first kappa shape index (κ1) is 13.6. The molecule has 0 radical (unpaired) electrons. The molecule has 4 N–H and O–H groups in total. The summed E-state index contributed by atoms with van der Waals surface area (Å²) in [6, 6.07) is 12.4. The average molecular weight is 362 g/mol. The molecule has 2 aromatic carbocycles. The van der Waals surface area contributed by atoms with Crippen LogP contribution in [0.4, 0.5) is 11.4 Å². The van der Waals surface area contributed by atoms with E-state index >= 15 is 0 Å². The summed E-state index contributed by atoms with van der Waals surface area (Å²) in [5.74, 6) is 0. The van der Waals surface area contributed by atoms with E-state index in [2.05, 4.69) is 38.1 Å². The van der Waals surface area contributed by atoms with Crippen molar-refractivity contribution in [1.29, 1.82) is 0 Å². The van der Waals surface area contributed by atoms with E-state index in [0.717, 1.165) is 11.4 Å². The SMILES string of the molecule is Cc1ccc(N)cc1[As]=[As]c1cc(N)ccc1C. The third-order valence-corrected chi connectivity index (χ3v) is 11.7. The Morgan fingerprint density at radius 1 is 0.722 bits per heavy atom. The zero-order chi connectivity index (χ0) is 13.1. The van der Waals surface area contributed by atoms with Crippen molar-refractivity contribution in [2.45, 2.75) is 13.8 Å². The number of nitrogen functional groups attached to an aromatic ring is 2. The van der Waals surface area contributed by atoms with Crippen LogP contribution in [0.25, 0.3) is 0 Å². The Balaban J connectivity index is 2.35. The van der Waals surface area contributed by atoms with Gasteiger partial charge in [-0.05, 0) is 0 Å². The Labute approximate surface area is 119 Å². The standard InChI is InChI=1S/C14H16As2N2/c1-9-3-5-11(17)7-13(9)15-16-14-8-12(18)6-4-10(14)2/h3-8H,17-18H2,1-2H3. The van der Waals surface area contributed by atoms with Gasteiger partial charge >= 0.3 is 119 Å². The third kappa shape index (κ3) is 3.34. The van der Waals surface area contributed by atoms with Gasteiger partial charge in [0.2, 0.25) is 0 Å². The van der Waals surface area contributed by atoms with Crippen LogP contribution in [0.5, 0.6) is 0 Å². The first-order chi connectivity index (χ1) is 8.56. The Kier molecular flexibility index (Phi) is 4.43. The van der Waals surface area contributed by atoms with Crippen molar-refractivity contribution in [1.82, 2.24) is 0 Å². The van der Waals surface area contributed by atoms with Crippen LogP contribution in [-0.4, -0.2) is 26.3 Å². The molecule has 92 valence electrons. The fourth-order valence-corrected chi connectivity index (χ4v) is 10.9. The van der Waals surface area contributed by atoms with E-state index < -0.39 is 0 Å². The van der Waals surface area contributed by atoms with Crippen LogP contribution in [0, 0.1) is 13.8 Å². The van der Waals surface area contributed by atoms with Crippen LogP contribution in [0.3, 0.4) is 0 Å². The van der Waals surface area contributed by atoms with Crippen molar-refractivity contribution in [2.24, 2.45) is 0 Å². The molecule has 0 aliphatic heterocycles. The maximum atomic E-state index is 5.86. The first-order valence-corrected chi connectivity index (χ1v) is 12.8. The quantitative estimate of drug-likeness (QED) is 0.612. The number of hydrogen-bond donors (Lipinski definition) is 2. The third-order valence-electron chi connectivity index (χ3n) is 2.73. The van der Waals surface area contributed by atoms with Gasteiger partial charge in [-0.2, -0.15) is 0 Å². The molecule has 0 aromatic heterocycles. The molecule has 0 fully saturated rings. The maximum absolute atomic E-state index is 5.86. The summed E-state index contributed by atoms with van der Waals surface area (Å²) in [6.07, 6.45) is 0. The van der Waals surface area contributed by atoms with Crippen molar-refractivity contribution >= 4 is 46.4 Å². The van der Waals surface area contributed by atoms with E-state index in [1.54, 1.807) is 0 Å². The van der Waals surface area contributed by atoms with Gasteiger partial charge in [0.1, 0.15) is 0 Å². The summed E-state index contributed by atoms with van der Waals surface area (Å²) in [7, 11) is 0.